The smallest absolute Gasteiger partial charge is 0.312 e. The second-order valence-electron chi connectivity index (χ2n) is 11.4. The molecule has 3 fully saturated rings. The lowest BCUT2D eigenvalue weighted by Gasteiger charge is -2.36. The molecule has 0 spiro atoms. The normalized spacial score (nSPS) is 30.7. The summed E-state index contributed by atoms with van der Waals surface area (Å²) in [4.78, 5) is 37.8. The molecule has 6 heteroatoms. The van der Waals surface area contributed by atoms with Crippen molar-refractivity contribution in [3.8, 4) is 0 Å². The van der Waals surface area contributed by atoms with Crippen LogP contribution in [0.25, 0.3) is 0 Å². The Kier molecular flexibility index (Phi) is 7.54. The Bertz CT molecular complexity index is 691. The molecule has 2 saturated carbocycles. The molecular formula is C25H42O6. The molecule has 0 N–H and O–H groups in total. The molecule has 1 saturated heterocycles. The first-order valence-electron chi connectivity index (χ1n) is 11.9. The van der Waals surface area contributed by atoms with Gasteiger partial charge >= 0.3 is 17.9 Å². The molecular weight excluding hydrogens is 396 g/mol. The monoisotopic (exact) mass is 438 g/mol. The van der Waals surface area contributed by atoms with Gasteiger partial charge in [-0.25, -0.2) is 0 Å². The summed E-state index contributed by atoms with van der Waals surface area (Å²) in [7, 11) is 0. The molecule has 31 heavy (non-hydrogen) atoms. The van der Waals surface area contributed by atoms with Gasteiger partial charge < -0.3 is 14.2 Å². The number of carbonyl (C=O) groups excluding carboxylic acids is 3. The molecule has 178 valence electrons. The molecule has 2 aliphatic carbocycles. The lowest BCUT2D eigenvalue weighted by Crippen LogP contribution is -2.43. The van der Waals surface area contributed by atoms with Crippen LogP contribution >= 0.6 is 0 Å². The topological polar surface area (TPSA) is 78.9 Å². The van der Waals surface area contributed by atoms with Gasteiger partial charge in [0.1, 0.15) is 12.2 Å². The van der Waals surface area contributed by atoms with E-state index in [4.69, 9.17) is 14.2 Å². The largest absolute Gasteiger partial charge is 0.465 e. The van der Waals surface area contributed by atoms with Crippen molar-refractivity contribution in [1.29, 1.82) is 0 Å². The molecule has 1 heterocycles. The van der Waals surface area contributed by atoms with Crippen LogP contribution in [0.15, 0.2) is 0 Å². The van der Waals surface area contributed by atoms with Gasteiger partial charge in [-0.2, -0.15) is 0 Å². The highest BCUT2D eigenvalue weighted by molar-refractivity contribution is 5.81. The maximum atomic E-state index is 13.2. The maximum Gasteiger partial charge on any atom is 0.312 e. The molecule has 3 rings (SSSR count). The Morgan fingerprint density at radius 1 is 1.03 bits per heavy atom. The Morgan fingerprint density at radius 2 is 1.65 bits per heavy atom. The third-order valence-corrected chi connectivity index (χ3v) is 6.95. The van der Waals surface area contributed by atoms with E-state index in [1.54, 1.807) is 0 Å². The summed E-state index contributed by atoms with van der Waals surface area (Å²) in [6.45, 7) is 17.8. The molecule has 0 radical (unpaired) electrons. The highest BCUT2D eigenvalue weighted by Crippen LogP contribution is 2.56. The molecule has 2 bridgehead atoms. The Morgan fingerprint density at radius 3 is 2.19 bits per heavy atom. The predicted molar refractivity (Wildman–Crippen MR) is 118 cm³/mol. The summed E-state index contributed by atoms with van der Waals surface area (Å²) in [5.74, 6) is -0.351. The van der Waals surface area contributed by atoms with Crippen molar-refractivity contribution in [1.82, 2.24) is 0 Å². The Balaban J connectivity index is 0.00000166. The number of fused-ring (bicyclic) bond motifs is 1. The van der Waals surface area contributed by atoms with Crippen molar-refractivity contribution in [2.75, 3.05) is 6.61 Å². The van der Waals surface area contributed by atoms with Crippen molar-refractivity contribution >= 4 is 17.9 Å². The number of ether oxygens (including phenoxy) is 3. The van der Waals surface area contributed by atoms with Gasteiger partial charge in [0.05, 0.1) is 23.4 Å². The van der Waals surface area contributed by atoms with Crippen LogP contribution in [0.5, 0.6) is 0 Å². The van der Waals surface area contributed by atoms with E-state index >= 15 is 0 Å². The first-order valence-corrected chi connectivity index (χ1v) is 11.9. The summed E-state index contributed by atoms with van der Waals surface area (Å²) in [5, 5.41) is 0. The number of esters is 3. The summed E-state index contributed by atoms with van der Waals surface area (Å²) in [5.41, 5.74) is -1.74. The predicted octanol–water partition coefficient (Wildman–Crippen LogP) is 4.93. The highest BCUT2D eigenvalue weighted by atomic mass is 16.6. The van der Waals surface area contributed by atoms with Crippen LogP contribution in [0.2, 0.25) is 0 Å². The van der Waals surface area contributed by atoms with Crippen molar-refractivity contribution in [3.05, 3.63) is 0 Å². The number of hydrogen-bond donors (Lipinski definition) is 0. The maximum absolute atomic E-state index is 13.2. The fraction of sp³-hybridized carbons (Fsp3) is 0.880. The van der Waals surface area contributed by atoms with Crippen molar-refractivity contribution in [2.24, 2.45) is 34.0 Å². The molecule has 6 unspecified atom stereocenters. The summed E-state index contributed by atoms with van der Waals surface area (Å²) < 4.78 is 17.0. The average molecular weight is 439 g/mol. The molecule has 6 nitrogen and oxygen atoms in total. The first-order chi connectivity index (χ1) is 14.3. The molecule has 3 aliphatic rings. The van der Waals surface area contributed by atoms with Crippen molar-refractivity contribution in [2.45, 2.75) is 100 Å². The van der Waals surface area contributed by atoms with Crippen LogP contribution < -0.4 is 0 Å². The van der Waals surface area contributed by atoms with Crippen LogP contribution in [0.3, 0.4) is 0 Å². The van der Waals surface area contributed by atoms with Gasteiger partial charge in [0.2, 0.25) is 0 Å². The molecule has 0 amide bonds. The van der Waals surface area contributed by atoms with Crippen molar-refractivity contribution < 1.29 is 28.6 Å². The van der Waals surface area contributed by atoms with E-state index in [0.29, 0.717) is 19.4 Å². The summed E-state index contributed by atoms with van der Waals surface area (Å²) in [6.07, 6.45) is 1.90. The molecule has 0 aromatic rings. The lowest BCUT2D eigenvalue weighted by molar-refractivity contribution is -0.175. The van der Waals surface area contributed by atoms with E-state index in [1.807, 2.05) is 62.3 Å². The van der Waals surface area contributed by atoms with Gasteiger partial charge in [-0.1, -0.05) is 41.5 Å². The van der Waals surface area contributed by atoms with Crippen LogP contribution in [0.4, 0.5) is 0 Å². The second-order valence-corrected chi connectivity index (χ2v) is 11.4. The van der Waals surface area contributed by atoms with Gasteiger partial charge in [0, 0.05) is 11.8 Å². The molecule has 6 atom stereocenters. The summed E-state index contributed by atoms with van der Waals surface area (Å²) in [6, 6.07) is 0. The van der Waals surface area contributed by atoms with E-state index < -0.39 is 10.8 Å². The Hall–Kier alpha value is -1.59. The first kappa shape index (κ1) is 25.7. The van der Waals surface area contributed by atoms with E-state index in [-0.39, 0.29) is 53.3 Å². The number of hydrogen-bond acceptors (Lipinski definition) is 6. The zero-order chi connectivity index (χ0) is 23.8. The van der Waals surface area contributed by atoms with E-state index in [9.17, 15) is 14.4 Å². The summed E-state index contributed by atoms with van der Waals surface area (Å²) >= 11 is 0. The lowest BCUT2D eigenvalue weighted by atomic mass is 9.72. The van der Waals surface area contributed by atoms with Gasteiger partial charge in [-0.05, 0) is 51.9 Å². The van der Waals surface area contributed by atoms with Gasteiger partial charge in [0.25, 0.3) is 0 Å². The Labute approximate surface area is 187 Å². The molecule has 0 aromatic carbocycles. The third-order valence-electron chi connectivity index (χ3n) is 6.95. The van der Waals surface area contributed by atoms with Crippen LogP contribution in [-0.2, 0) is 28.6 Å². The minimum Gasteiger partial charge on any atom is -0.465 e. The second kappa shape index (κ2) is 9.11. The quantitative estimate of drug-likeness (QED) is 0.414. The third kappa shape index (κ3) is 5.25. The number of rotatable bonds is 7. The highest BCUT2D eigenvalue weighted by Gasteiger charge is 2.63. The number of carbonyl (C=O) groups is 3. The average Bonchev–Trinajstić information content (AvgIpc) is 3.31. The fourth-order valence-corrected chi connectivity index (χ4v) is 5.20. The zero-order valence-corrected chi connectivity index (χ0v) is 20.9. The van der Waals surface area contributed by atoms with Crippen LogP contribution in [-0.4, -0.2) is 36.7 Å². The van der Waals surface area contributed by atoms with E-state index in [0.717, 1.165) is 12.8 Å². The van der Waals surface area contributed by atoms with Crippen LogP contribution in [0.1, 0.15) is 88.0 Å². The molecule has 1 aliphatic heterocycles. The van der Waals surface area contributed by atoms with Gasteiger partial charge in [-0.15, -0.1) is 0 Å². The van der Waals surface area contributed by atoms with Crippen molar-refractivity contribution in [3.63, 3.8) is 0 Å². The zero-order valence-electron chi connectivity index (χ0n) is 20.9. The van der Waals surface area contributed by atoms with Crippen LogP contribution in [0, 0.1) is 34.0 Å². The standard InChI is InChI=1S/C23H36O6.C2H6/c1-8-23(7,11-22(5,6)19(25)27-12-21(2,3)4)20(26)29-16-13-9-14-15(10-13)18(24)28-17(14)16;1-2/h13-17H,8-12H2,1-7H3;1-2H3. The molecule has 0 aromatic heterocycles. The minimum atomic E-state index is -0.811. The van der Waals surface area contributed by atoms with E-state index in [1.165, 1.54) is 0 Å². The fourth-order valence-electron chi connectivity index (χ4n) is 5.20. The van der Waals surface area contributed by atoms with Gasteiger partial charge in [0.15, 0.2) is 0 Å². The van der Waals surface area contributed by atoms with E-state index in [2.05, 4.69) is 0 Å². The minimum absolute atomic E-state index is 0.00553. The SMILES string of the molecule is CC.CCC(C)(CC(C)(C)C(=O)OCC(C)(C)C)C(=O)OC1C2CC3C(=O)OC1C3C2. The van der Waals surface area contributed by atoms with Gasteiger partial charge in [-0.3, -0.25) is 14.4 Å².